The van der Waals surface area contributed by atoms with Gasteiger partial charge in [0.25, 0.3) is 0 Å². The Morgan fingerprint density at radius 3 is 2.76 bits per heavy atom. The Hall–Kier alpha value is -2.26. The molecule has 1 saturated heterocycles. The molecule has 4 heterocycles. The first kappa shape index (κ1) is 18.7. The van der Waals surface area contributed by atoms with E-state index in [4.69, 9.17) is 22.3 Å². The number of halogens is 2. The molecule has 0 bridgehead atoms. The molecule has 0 spiro atoms. The van der Waals surface area contributed by atoms with Crippen LogP contribution in [0.5, 0.6) is 0 Å². The number of aryl methyl sites for hydroxylation is 1. The molecule has 0 aromatic carbocycles. The Bertz CT molecular complexity index is 1050. The smallest absolute Gasteiger partial charge is 0.236 e. The van der Waals surface area contributed by atoms with E-state index in [2.05, 4.69) is 9.97 Å². The van der Waals surface area contributed by atoms with Crippen molar-refractivity contribution in [3.05, 3.63) is 38.6 Å². The molecule has 0 unspecified atom stereocenters. The van der Waals surface area contributed by atoms with Crippen LogP contribution in [-0.4, -0.2) is 46.9 Å². The van der Waals surface area contributed by atoms with Gasteiger partial charge in [0.05, 0.1) is 28.2 Å². The number of amides is 1. The molecule has 2 aromatic heterocycles. The van der Waals surface area contributed by atoms with Crippen LogP contribution in [0.1, 0.15) is 35.0 Å². The van der Waals surface area contributed by atoms with E-state index in [9.17, 15) is 9.18 Å². The molecular weight excluding hydrogens is 415 g/mol. The van der Waals surface area contributed by atoms with Crippen molar-refractivity contribution < 1.29 is 9.18 Å². The molecule has 2 fully saturated rings. The molecule has 2 aromatic rings. The molecule has 152 valence electrons. The van der Waals surface area contributed by atoms with E-state index in [-0.39, 0.29) is 23.6 Å². The minimum Gasteiger partial charge on any atom is -0.369 e. The van der Waals surface area contributed by atoms with Crippen LogP contribution in [0.3, 0.4) is 0 Å². The SMILES string of the molecule is Cc1nc(N2C[C@H]3C(=O)N(C)C(N)=N[C@@]3(c3ccc(Cl)s3)C2)nc(C2CC2)c1F. The van der Waals surface area contributed by atoms with E-state index in [1.807, 2.05) is 11.0 Å². The highest BCUT2D eigenvalue weighted by Gasteiger charge is 2.56. The number of thiophene rings is 1. The number of hydrogen-bond donors (Lipinski definition) is 1. The fourth-order valence-electron chi connectivity index (χ4n) is 4.20. The number of nitrogens with zero attached hydrogens (tertiary/aromatic N) is 5. The third-order valence-corrected chi connectivity index (χ3v) is 7.37. The molecule has 2 N–H and O–H groups in total. The van der Waals surface area contributed by atoms with Crippen LogP contribution in [0.25, 0.3) is 0 Å². The maximum atomic E-state index is 14.5. The number of carbonyl (C=O) groups excluding carboxylic acids is 1. The number of rotatable bonds is 3. The summed E-state index contributed by atoms with van der Waals surface area (Å²) in [5.41, 5.74) is 6.03. The van der Waals surface area contributed by atoms with Gasteiger partial charge in [0.1, 0.15) is 5.54 Å². The summed E-state index contributed by atoms with van der Waals surface area (Å²) in [7, 11) is 1.62. The second-order valence-electron chi connectivity index (χ2n) is 7.91. The predicted octanol–water partition coefficient (Wildman–Crippen LogP) is 2.63. The van der Waals surface area contributed by atoms with Crippen LogP contribution >= 0.6 is 22.9 Å². The molecule has 1 saturated carbocycles. The van der Waals surface area contributed by atoms with Gasteiger partial charge in [-0.05, 0) is 31.9 Å². The van der Waals surface area contributed by atoms with Gasteiger partial charge in [-0.2, -0.15) is 0 Å². The van der Waals surface area contributed by atoms with Crippen LogP contribution in [0.4, 0.5) is 10.3 Å². The zero-order chi connectivity index (χ0) is 20.5. The Morgan fingerprint density at radius 1 is 1.34 bits per heavy atom. The predicted molar refractivity (Wildman–Crippen MR) is 110 cm³/mol. The Labute approximate surface area is 176 Å². The van der Waals surface area contributed by atoms with Crippen molar-refractivity contribution >= 4 is 40.8 Å². The molecule has 5 rings (SSSR count). The average molecular weight is 435 g/mol. The highest BCUT2D eigenvalue weighted by Crippen LogP contribution is 2.48. The molecule has 7 nitrogen and oxygen atoms in total. The number of fused-ring (bicyclic) bond motifs is 1. The lowest BCUT2D eigenvalue weighted by molar-refractivity contribution is -0.132. The number of aromatic nitrogens is 2. The molecule has 0 radical (unpaired) electrons. The number of hydrogen-bond acceptors (Lipinski definition) is 7. The second-order valence-corrected chi connectivity index (χ2v) is 9.63. The van der Waals surface area contributed by atoms with Crippen LogP contribution in [0.2, 0.25) is 4.34 Å². The third-order valence-electron chi connectivity index (χ3n) is 5.98. The van der Waals surface area contributed by atoms with Gasteiger partial charge in [-0.1, -0.05) is 11.6 Å². The van der Waals surface area contributed by atoms with E-state index in [1.165, 1.54) is 16.2 Å². The van der Waals surface area contributed by atoms with Crippen molar-refractivity contribution in [3.8, 4) is 0 Å². The largest absolute Gasteiger partial charge is 0.369 e. The van der Waals surface area contributed by atoms with Crippen molar-refractivity contribution in [1.29, 1.82) is 0 Å². The maximum absolute atomic E-state index is 14.5. The number of guanidine groups is 1. The quantitative estimate of drug-likeness (QED) is 0.802. The average Bonchev–Trinajstić information content (AvgIpc) is 3.31. The monoisotopic (exact) mass is 434 g/mol. The molecule has 2 atom stereocenters. The first-order valence-electron chi connectivity index (χ1n) is 9.48. The van der Waals surface area contributed by atoms with Crippen LogP contribution < -0.4 is 10.6 Å². The van der Waals surface area contributed by atoms with Gasteiger partial charge in [-0.25, -0.2) is 19.4 Å². The second kappa shape index (κ2) is 6.37. The highest BCUT2D eigenvalue weighted by atomic mass is 35.5. The zero-order valence-electron chi connectivity index (χ0n) is 16.0. The summed E-state index contributed by atoms with van der Waals surface area (Å²) in [6, 6.07) is 3.69. The number of nitrogens with two attached hydrogens (primary N) is 1. The van der Waals surface area contributed by atoms with Gasteiger partial charge in [0.15, 0.2) is 11.8 Å². The van der Waals surface area contributed by atoms with Crippen LogP contribution in [-0.2, 0) is 10.3 Å². The van der Waals surface area contributed by atoms with E-state index < -0.39 is 11.5 Å². The summed E-state index contributed by atoms with van der Waals surface area (Å²) < 4.78 is 15.1. The summed E-state index contributed by atoms with van der Waals surface area (Å²) in [6.45, 7) is 2.41. The number of carbonyl (C=O) groups is 1. The summed E-state index contributed by atoms with van der Waals surface area (Å²) in [5.74, 6) is -0.116. The minimum atomic E-state index is -0.850. The summed E-state index contributed by atoms with van der Waals surface area (Å²) in [6.07, 6.45) is 1.88. The first-order valence-corrected chi connectivity index (χ1v) is 10.7. The Balaban J connectivity index is 1.60. The first-order chi connectivity index (χ1) is 13.8. The van der Waals surface area contributed by atoms with Crippen molar-refractivity contribution in [2.75, 3.05) is 25.0 Å². The lowest BCUT2D eigenvalue weighted by Crippen LogP contribution is -2.54. The molecule has 10 heteroatoms. The summed E-state index contributed by atoms with van der Waals surface area (Å²) >= 11 is 7.58. The van der Waals surface area contributed by atoms with Crippen molar-refractivity contribution in [2.24, 2.45) is 16.6 Å². The van der Waals surface area contributed by atoms with Gasteiger partial charge in [0.2, 0.25) is 11.9 Å². The summed E-state index contributed by atoms with van der Waals surface area (Å²) in [5, 5.41) is 0. The standard InChI is InChI=1S/C19H20ClFN6OS/c1-9-14(21)15(10-3-4-10)24-18(23-9)27-7-11-16(28)26(2)17(22)25-19(11,8-27)12-5-6-13(20)29-12/h5-6,10-11H,3-4,7-8H2,1-2H3,(H2,22,25)/t11-,19-/m0/s1. The van der Waals surface area contributed by atoms with Crippen molar-refractivity contribution in [3.63, 3.8) is 0 Å². The maximum Gasteiger partial charge on any atom is 0.236 e. The van der Waals surface area contributed by atoms with Crippen molar-refractivity contribution in [1.82, 2.24) is 14.9 Å². The molecular formula is C19H20ClFN6OS. The zero-order valence-corrected chi connectivity index (χ0v) is 17.6. The third kappa shape index (κ3) is 2.82. The van der Waals surface area contributed by atoms with E-state index >= 15 is 0 Å². The van der Waals surface area contributed by atoms with Crippen molar-refractivity contribution in [2.45, 2.75) is 31.2 Å². The van der Waals surface area contributed by atoms with Gasteiger partial charge in [-0.15, -0.1) is 11.3 Å². The van der Waals surface area contributed by atoms with Gasteiger partial charge < -0.3 is 10.6 Å². The molecule has 1 amide bonds. The van der Waals surface area contributed by atoms with E-state index in [0.717, 1.165) is 17.7 Å². The Kier molecular flexibility index (Phi) is 4.12. The Morgan fingerprint density at radius 2 is 2.10 bits per heavy atom. The van der Waals surface area contributed by atoms with E-state index in [0.29, 0.717) is 34.8 Å². The van der Waals surface area contributed by atoms with Gasteiger partial charge in [-0.3, -0.25) is 9.69 Å². The van der Waals surface area contributed by atoms with Crippen LogP contribution in [0, 0.1) is 18.7 Å². The van der Waals surface area contributed by atoms with Gasteiger partial charge in [0, 0.05) is 24.4 Å². The minimum absolute atomic E-state index is 0.106. The fraction of sp³-hybridized carbons (Fsp3) is 0.474. The molecule has 29 heavy (non-hydrogen) atoms. The normalized spacial score (nSPS) is 26.7. The number of aliphatic imine (C=N–C) groups is 1. The lowest BCUT2D eigenvalue weighted by Gasteiger charge is -2.36. The van der Waals surface area contributed by atoms with E-state index in [1.54, 1.807) is 20.0 Å². The lowest BCUT2D eigenvalue weighted by atomic mass is 9.84. The summed E-state index contributed by atoms with van der Waals surface area (Å²) in [4.78, 5) is 31.0. The highest BCUT2D eigenvalue weighted by molar-refractivity contribution is 7.16. The topological polar surface area (TPSA) is 87.7 Å². The molecule has 2 aliphatic heterocycles. The van der Waals surface area contributed by atoms with Crippen LogP contribution in [0.15, 0.2) is 17.1 Å². The molecule has 3 aliphatic rings. The fourth-order valence-corrected chi connectivity index (χ4v) is 5.42. The number of anilines is 1. The molecule has 1 aliphatic carbocycles. The van der Waals surface area contributed by atoms with Gasteiger partial charge >= 0.3 is 0 Å².